The lowest BCUT2D eigenvalue weighted by Gasteiger charge is -2.19. The number of aryl methyl sites for hydroxylation is 1. The average molecular weight is 472 g/mol. The summed E-state index contributed by atoms with van der Waals surface area (Å²) >= 11 is 0. The van der Waals surface area contributed by atoms with Gasteiger partial charge in [0.1, 0.15) is 12.1 Å². The number of anilines is 1. The summed E-state index contributed by atoms with van der Waals surface area (Å²) in [5.41, 5.74) is 1.83. The molecule has 0 fully saturated rings. The van der Waals surface area contributed by atoms with Gasteiger partial charge in [0.05, 0.1) is 14.2 Å². The van der Waals surface area contributed by atoms with Crippen LogP contribution in [0.25, 0.3) is 0 Å². The number of carbonyl (C=O) groups is 3. The minimum absolute atomic E-state index is 0.0691. The van der Waals surface area contributed by atoms with Gasteiger partial charge in [0, 0.05) is 18.7 Å². The van der Waals surface area contributed by atoms with Crippen LogP contribution >= 0.6 is 0 Å². The van der Waals surface area contributed by atoms with E-state index in [1.165, 1.54) is 0 Å². The summed E-state index contributed by atoms with van der Waals surface area (Å²) < 4.78 is 15.6. The molecule has 0 spiro atoms. The van der Waals surface area contributed by atoms with E-state index in [1.54, 1.807) is 47.1 Å². The van der Waals surface area contributed by atoms with Gasteiger partial charge in [-0.05, 0) is 62.6 Å². The molecule has 3 amide bonds. The first-order valence-corrected chi connectivity index (χ1v) is 10.9. The van der Waals surface area contributed by atoms with Gasteiger partial charge in [-0.1, -0.05) is 18.2 Å². The zero-order valence-corrected chi connectivity index (χ0v) is 20.3. The van der Waals surface area contributed by atoms with E-state index >= 15 is 0 Å². The highest BCUT2D eigenvalue weighted by Gasteiger charge is 2.16. The van der Waals surface area contributed by atoms with Crippen LogP contribution in [0, 0.1) is 0 Å². The highest BCUT2D eigenvalue weighted by molar-refractivity contribution is 5.93. The monoisotopic (exact) mass is 471 g/mol. The fourth-order valence-electron chi connectivity index (χ4n) is 2.96. The van der Waals surface area contributed by atoms with E-state index in [0.29, 0.717) is 36.6 Å². The minimum Gasteiger partial charge on any atom is -0.493 e. The molecule has 0 unspecified atom stereocenters. The maximum Gasteiger partial charge on any atom is 0.408 e. The van der Waals surface area contributed by atoms with Crippen LogP contribution in [0.2, 0.25) is 0 Å². The minimum atomic E-state index is -0.653. The molecule has 0 radical (unpaired) electrons. The van der Waals surface area contributed by atoms with Crippen LogP contribution in [0.5, 0.6) is 11.5 Å². The Hall–Kier alpha value is -3.75. The van der Waals surface area contributed by atoms with Crippen molar-refractivity contribution in [2.75, 3.05) is 26.1 Å². The Morgan fingerprint density at radius 2 is 1.47 bits per heavy atom. The Labute approximate surface area is 200 Å². The molecule has 34 heavy (non-hydrogen) atoms. The third-order valence-electron chi connectivity index (χ3n) is 4.61. The number of methoxy groups -OCH3 is 2. The molecule has 0 aliphatic rings. The van der Waals surface area contributed by atoms with E-state index in [4.69, 9.17) is 14.2 Å². The van der Waals surface area contributed by atoms with E-state index in [-0.39, 0.29) is 18.4 Å². The summed E-state index contributed by atoms with van der Waals surface area (Å²) in [5, 5.41) is 7.99. The molecule has 0 aromatic heterocycles. The molecule has 2 aromatic carbocycles. The van der Waals surface area contributed by atoms with Crippen molar-refractivity contribution in [1.29, 1.82) is 0 Å². The van der Waals surface area contributed by atoms with E-state index in [9.17, 15) is 14.4 Å². The number of benzene rings is 2. The van der Waals surface area contributed by atoms with Crippen LogP contribution in [-0.2, 0) is 27.3 Å². The molecule has 2 aromatic rings. The van der Waals surface area contributed by atoms with Crippen molar-refractivity contribution >= 4 is 23.6 Å². The second-order valence-electron chi connectivity index (χ2n) is 8.57. The number of alkyl carbamates (subject to hydrolysis) is 1. The van der Waals surface area contributed by atoms with Gasteiger partial charge in [0.15, 0.2) is 11.5 Å². The molecule has 0 aliphatic carbocycles. The Balaban J connectivity index is 1.73. The number of rotatable bonds is 10. The van der Waals surface area contributed by atoms with Crippen molar-refractivity contribution in [2.24, 2.45) is 0 Å². The lowest BCUT2D eigenvalue weighted by atomic mass is 10.1. The standard InChI is InChI=1S/C25H33N3O6/c1-25(2,3)34-24(31)27-16-23(30)28-19-10-6-18(7-11-19)15-26-22(29)13-9-17-8-12-20(32-4)21(14-17)33-5/h6-8,10-12,14H,9,13,15-16H2,1-5H3,(H,26,29)(H,27,31)(H,28,30). The molecule has 0 aliphatic heterocycles. The fraction of sp³-hybridized carbons (Fsp3) is 0.400. The SMILES string of the molecule is COc1ccc(CCC(=O)NCc2ccc(NC(=O)CNC(=O)OC(C)(C)C)cc2)cc1OC. The van der Waals surface area contributed by atoms with Crippen molar-refractivity contribution in [3.05, 3.63) is 53.6 Å². The van der Waals surface area contributed by atoms with Gasteiger partial charge < -0.3 is 30.2 Å². The van der Waals surface area contributed by atoms with Crippen LogP contribution in [-0.4, -0.2) is 44.3 Å². The zero-order valence-electron chi connectivity index (χ0n) is 20.3. The van der Waals surface area contributed by atoms with Gasteiger partial charge in [0.2, 0.25) is 11.8 Å². The number of amides is 3. The lowest BCUT2D eigenvalue weighted by molar-refractivity contribution is -0.121. The van der Waals surface area contributed by atoms with Gasteiger partial charge in [0.25, 0.3) is 0 Å². The summed E-state index contributed by atoms with van der Waals surface area (Å²) in [5.74, 6) is 0.838. The van der Waals surface area contributed by atoms with E-state index in [2.05, 4.69) is 16.0 Å². The molecule has 3 N–H and O–H groups in total. The molecular formula is C25H33N3O6. The summed E-state index contributed by atoms with van der Waals surface area (Å²) in [7, 11) is 3.15. The Bertz CT molecular complexity index is 983. The highest BCUT2D eigenvalue weighted by Crippen LogP contribution is 2.27. The molecule has 0 atom stereocenters. The maximum atomic E-state index is 12.2. The molecule has 0 bridgehead atoms. The lowest BCUT2D eigenvalue weighted by Crippen LogP contribution is -2.37. The first kappa shape index (κ1) is 26.5. The van der Waals surface area contributed by atoms with E-state index < -0.39 is 11.7 Å². The second-order valence-corrected chi connectivity index (χ2v) is 8.57. The Kier molecular flexibility index (Phi) is 9.73. The van der Waals surface area contributed by atoms with Gasteiger partial charge in [-0.3, -0.25) is 9.59 Å². The number of hydrogen-bond donors (Lipinski definition) is 3. The van der Waals surface area contributed by atoms with Crippen molar-refractivity contribution < 1.29 is 28.6 Å². The highest BCUT2D eigenvalue weighted by atomic mass is 16.6. The van der Waals surface area contributed by atoms with Gasteiger partial charge in [-0.15, -0.1) is 0 Å². The molecule has 0 saturated heterocycles. The number of nitrogens with one attached hydrogen (secondary N) is 3. The first-order valence-electron chi connectivity index (χ1n) is 10.9. The van der Waals surface area contributed by atoms with Crippen molar-refractivity contribution in [2.45, 2.75) is 45.8 Å². The smallest absolute Gasteiger partial charge is 0.408 e. The quantitative estimate of drug-likeness (QED) is 0.489. The molecule has 0 heterocycles. The van der Waals surface area contributed by atoms with Crippen molar-refractivity contribution in [1.82, 2.24) is 10.6 Å². The topological polar surface area (TPSA) is 115 Å². The predicted molar refractivity (Wildman–Crippen MR) is 129 cm³/mol. The predicted octanol–water partition coefficient (Wildman–Crippen LogP) is 3.42. The van der Waals surface area contributed by atoms with Crippen molar-refractivity contribution in [3.8, 4) is 11.5 Å². The molecular weight excluding hydrogens is 438 g/mol. The van der Waals surface area contributed by atoms with E-state index in [1.807, 2.05) is 30.3 Å². The van der Waals surface area contributed by atoms with E-state index in [0.717, 1.165) is 11.1 Å². The van der Waals surface area contributed by atoms with Gasteiger partial charge in [-0.2, -0.15) is 0 Å². The van der Waals surface area contributed by atoms with Gasteiger partial charge in [-0.25, -0.2) is 4.79 Å². The summed E-state index contributed by atoms with van der Waals surface area (Å²) in [6.07, 6.45) is 0.267. The van der Waals surface area contributed by atoms with Crippen molar-refractivity contribution in [3.63, 3.8) is 0 Å². The van der Waals surface area contributed by atoms with Crippen LogP contribution < -0.4 is 25.4 Å². The number of carbonyl (C=O) groups excluding carboxylic acids is 3. The van der Waals surface area contributed by atoms with Crippen LogP contribution in [0.4, 0.5) is 10.5 Å². The third-order valence-corrected chi connectivity index (χ3v) is 4.61. The molecule has 2 rings (SSSR count). The van der Waals surface area contributed by atoms with Crippen LogP contribution in [0.15, 0.2) is 42.5 Å². The summed E-state index contributed by atoms with van der Waals surface area (Å²) in [4.78, 5) is 35.8. The maximum absolute atomic E-state index is 12.2. The molecule has 9 heteroatoms. The third kappa shape index (κ3) is 9.40. The second kappa shape index (κ2) is 12.5. The van der Waals surface area contributed by atoms with Crippen LogP contribution in [0.3, 0.4) is 0 Å². The number of hydrogen-bond acceptors (Lipinski definition) is 6. The van der Waals surface area contributed by atoms with Crippen LogP contribution in [0.1, 0.15) is 38.3 Å². The molecule has 0 saturated carbocycles. The summed E-state index contributed by atoms with van der Waals surface area (Å²) in [6, 6.07) is 12.7. The Morgan fingerprint density at radius 3 is 2.09 bits per heavy atom. The average Bonchev–Trinajstić information content (AvgIpc) is 2.79. The fourth-order valence-corrected chi connectivity index (χ4v) is 2.96. The molecule has 184 valence electrons. The molecule has 9 nitrogen and oxygen atoms in total. The normalized spacial score (nSPS) is 10.7. The van der Waals surface area contributed by atoms with Gasteiger partial charge >= 0.3 is 6.09 Å². The summed E-state index contributed by atoms with van der Waals surface area (Å²) in [6.45, 7) is 5.41. The first-order chi connectivity index (χ1) is 16.1. The zero-order chi connectivity index (χ0) is 25.1. The number of ether oxygens (including phenoxy) is 3. The Morgan fingerprint density at radius 1 is 0.824 bits per heavy atom. The largest absolute Gasteiger partial charge is 0.493 e.